The molecule has 2 nitrogen and oxygen atoms in total. The summed E-state index contributed by atoms with van der Waals surface area (Å²) in [6.45, 7) is 4.72. The van der Waals surface area contributed by atoms with E-state index in [4.69, 9.17) is 0 Å². The normalized spacial score (nSPS) is 33.2. The fourth-order valence-corrected chi connectivity index (χ4v) is 4.08. The van der Waals surface area contributed by atoms with Gasteiger partial charge in [0.2, 0.25) is 0 Å². The van der Waals surface area contributed by atoms with Gasteiger partial charge in [-0.25, -0.2) is 0 Å². The molecule has 3 heteroatoms. The Hall–Kier alpha value is 0.270. The van der Waals surface area contributed by atoms with Crippen LogP contribution in [0.3, 0.4) is 0 Å². The summed E-state index contributed by atoms with van der Waals surface area (Å²) in [5.41, 5.74) is 0. The van der Waals surface area contributed by atoms with Crippen molar-refractivity contribution in [2.24, 2.45) is 5.92 Å². The lowest BCUT2D eigenvalue weighted by Gasteiger charge is -2.36. The van der Waals surface area contributed by atoms with Crippen molar-refractivity contribution in [1.29, 1.82) is 0 Å². The van der Waals surface area contributed by atoms with E-state index in [9.17, 15) is 0 Å². The molecule has 2 bridgehead atoms. The fraction of sp³-hybridized carbons (Fsp3) is 1.00. The van der Waals surface area contributed by atoms with Gasteiger partial charge in [0.1, 0.15) is 0 Å². The highest BCUT2D eigenvalue weighted by atomic mass is 32.2. The van der Waals surface area contributed by atoms with Crippen molar-refractivity contribution in [3.8, 4) is 0 Å². The second-order valence-corrected chi connectivity index (χ2v) is 7.04. The first-order valence-corrected chi connectivity index (χ1v) is 8.47. The highest BCUT2D eigenvalue weighted by Crippen LogP contribution is 2.36. The van der Waals surface area contributed by atoms with Crippen LogP contribution in [0.15, 0.2) is 0 Å². The van der Waals surface area contributed by atoms with E-state index < -0.39 is 0 Å². The van der Waals surface area contributed by atoms with Crippen LogP contribution in [0.1, 0.15) is 39.0 Å². The van der Waals surface area contributed by atoms with Crippen LogP contribution >= 0.6 is 11.8 Å². The minimum atomic E-state index is 0.899. The van der Waals surface area contributed by atoms with Crippen molar-refractivity contribution in [2.45, 2.75) is 51.1 Å². The lowest BCUT2D eigenvalue weighted by Crippen LogP contribution is -2.42. The molecule has 0 aromatic rings. The van der Waals surface area contributed by atoms with E-state index in [-0.39, 0.29) is 0 Å². The average molecular weight is 256 g/mol. The number of hydrogen-bond donors (Lipinski definition) is 1. The molecule has 0 aliphatic carbocycles. The number of nitrogens with zero attached hydrogens (tertiary/aromatic N) is 1. The van der Waals surface area contributed by atoms with Crippen LogP contribution in [0.4, 0.5) is 0 Å². The monoisotopic (exact) mass is 256 g/mol. The molecule has 100 valence electrons. The van der Waals surface area contributed by atoms with Crippen molar-refractivity contribution >= 4 is 11.8 Å². The maximum absolute atomic E-state index is 3.67. The third kappa shape index (κ3) is 3.87. The van der Waals surface area contributed by atoms with E-state index in [0.29, 0.717) is 0 Å². The number of hydrogen-bond acceptors (Lipinski definition) is 3. The zero-order valence-electron chi connectivity index (χ0n) is 11.5. The second kappa shape index (κ2) is 7.01. The van der Waals surface area contributed by atoms with Gasteiger partial charge in [0.15, 0.2) is 0 Å². The van der Waals surface area contributed by atoms with Gasteiger partial charge >= 0.3 is 0 Å². The van der Waals surface area contributed by atoms with Gasteiger partial charge in [0, 0.05) is 12.1 Å². The average Bonchev–Trinajstić information content (AvgIpc) is 2.55. The Kier molecular flexibility index (Phi) is 5.64. The number of piperidine rings is 1. The van der Waals surface area contributed by atoms with Gasteiger partial charge in [0.25, 0.3) is 0 Å². The maximum atomic E-state index is 3.67. The van der Waals surface area contributed by atoms with E-state index in [2.05, 4.69) is 35.9 Å². The Labute approximate surface area is 111 Å². The topological polar surface area (TPSA) is 15.3 Å². The summed E-state index contributed by atoms with van der Waals surface area (Å²) < 4.78 is 0. The molecule has 17 heavy (non-hydrogen) atoms. The van der Waals surface area contributed by atoms with Crippen molar-refractivity contribution in [3.63, 3.8) is 0 Å². The van der Waals surface area contributed by atoms with Crippen LogP contribution in [0.25, 0.3) is 0 Å². The summed E-state index contributed by atoms with van der Waals surface area (Å²) >= 11 is 2.06. The van der Waals surface area contributed by atoms with Gasteiger partial charge in [-0.1, -0.05) is 6.92 Å². The molecule has 0 aromatic heterocycles. The zero-order chi connectivity index (χ0) is 12.1. The van der Waals surface area contributed by atoms with Gasteiger partial charge in [0.05, 0.1) is 0 Å². The standard InChI is InChI=1S/C14H28N2S/c1-3-17-8-4-7-15-11-12-9-13-5-6-14(10-12)16(13)2/h12-15H,3-11H2,1-2H3. The predicted octanol–water partition coefficient (Wildman–Crippen LogP) is 2.59. The highest BCUT2D eigenvalue weighted by Gasteiger charge is 2.37. The van der Waals surface area contributed by atoms with Crippen LogP contribution in [0.5, 0.6) is 0 Å². The molecule has 0 radical (unpaired) electrons. The van der Waals surface area contributed by atoms with Gasteiger partial charge in [-0.3, -0.25) is 0 Å². The van der Waals surface area contributed by atoms with Crippen LogP contribution in [-0.4, -0.2) is 48.6 Å². The molecule has 2 fully saturated rings. The Morgan fingerprint density at radius 3 is 2.59 bits per heavy atom. The molecule has 2 atom stereocenters. The van der Waals surface area contributed by atoms with Crippen LogP contribution in [-0.2, 0) is 0 Å². The van der Waals surface area contributed by atoms with Crippen LogP contribution in [0.2, 0.25) is 0 Å². The summed E-state index contributed by atoms with van der Waals surface area (Å²) in [7, 11) is 2.33. The van der Waals surface area contributed by atoms with E-state index in [0.717, 1.165) is 18.0 Å². The molecule has 0 spiro atoms. The zero-order valence-corrected chi connectivity index (χ0v) is 12.3. The van der Waals surface area contributed by atoms with Crippen molar-refractivity contribution in [2.75, 3.05) is 31.6 Å². The first-order chi connectivity index (χ1) is 8.31. The second-order valence-electron chi connectivity index (χ2n) is 5.64. The summed E-state index contributed by atoms with van der Waals surface area (Å²) in [4.78, 5) is 2.63. The Morgan fingerprint density at radius 2 is 1.94 bits per heavy atom. The Bertz CT molecular complexity index is 208. The van der Waals surface area contributed by atoms with Gasteiger partial charge in [-0.15, -0.1) is 0 Å². The molecule has 0 aromatic carbocycles. The summed E-state index contributed by atoms with van der Waals surface area (Å²) in [5, 5.41) is 3.67. The molecule has 2 heterocycles. The molecule has 0 saturated carbocycles. The van der Waals surface area contributed by atoms with Crippen molar-refractivity contribution < 1.29 is 0 Å². The first kappa shape index (κ1) is 13.7. The van der Waals surface area contributed by atoms with Gasteiger partial charge in [-0.2, -0.15) is 11.8 Å². The van der Waals surface area contributed by atoms with Crippen LogP contribution < -0.4 is 5.32 Å². The molecule has 1 N–H and O–H groups in total. The lowest BCUT2D eigenvalue weighted by atomic mass is 9.91. The Morgan fingerprint density at radius 1 is 1.24 bits per heavy atom. The smallest absolute Gasteiger partial charge is 0.00988 e. The molecule has 2 unspecified atom stereocenters. The molecule has 2 aliphatic rings. The first-order valence-electron chi connectivity index (χ1n) is 7.31. The third-order valence-corrected chi connectivity index (χ3v) is 5.46. The van der Waals surface area contributed by atoms with Gasteiger partial charge < -0.3 is 10.2 Å². The number of rotatable bonds is 7. The third-order valence-electron chi connectivity index (χ3n) is 4.48. The fourth-order valence-electron chi connectivity index (χ4n) is 3.44. The van der Waals surface area contributed by atoms with Crippen molar-refractivity contribution in [1.82, 2.24) is 10.2 Å². The summed E-state index contributed by atoms with van der Waals surface area (Å²) in [6.07, 6.45) is 7.10. The number of nitrogens with one attached hydrogen (secondary N) is 1. The summed E-state index contributed by atoms with van der Waals surface area (Å²) in [5.74, 6) is 3.53. The van der Waals surface area contributed by atoms with Gasteiger partial charge in [-0.05, 0) is 69.7 Å². The SMILES string of the molecule is CCSCCCNCC1CC2CCC(C1)N2C. The highest BCUT2D eigenvalue weighted by molar-refractivity contribution is 7.99. The molecule has 2 rings (SSSR count). The molecule has 0 amide bonds. The number of fused-ring (bicyclic) bond motifs is 2. The van der Waals surface area contributed by atoms with Crippen LogP contribution in [0, 0.1) is 5.92 Å². The minimum absolute atomic E-state index is 0.899. The largest absolute Gasteiger partial charge is 0.316 e. The van der Waals surface area contributed by atoms with E-state index >= 15 is 0 Å². The predicted molar refractivity (Wildman–Crippen MR) is 77.8 cm³/mol. The van der Waals surface area contributed by atoms with E-state index in [1.807, 2.05) is 0 Å². The van der Waals surface area contributed by atoms with E-state index in [1.165, 1.54) is 56.7 Å². The molecular weight excluding hydrogens is 228 g/mol. The summed E-state index contributed by atoms with van der Waals surface area (Å²) in [6, 6.07) is 1.80. The molecule has 2 aliphatic heterocycles. The maximum Gasteiger partial charge on any atom is 0.00988 e. The Balaban J connectivity index is 1.55. The van der Waals surface area contributed by atoms with E-state index in [1.54, 1.807) is 0 Å². The molecular formula is C14H28N2S. The quantitative estimate of drug-likeness (QED) is 0.705. The van der Waals surface area contributed by atoms with Crippen molar-refractivity contribution in [3.05, 3.63) is 0 Å². The minimum Gasteiger partial charge on any atom is -0.316 e. The number of thioether (sulfide) groups is 1. The lowest BCUT2D eigenvalue weighted by molar-refractivity contribution is 0.133. The molecule has 2 saturated heterocycles.